The molecule has 1 aliphatic rings. The van der Waals surface area contributed by atoms with Crippen LogP contribution in [0.1, 0.15) is 31.7 Å². The Bertz CT molecular complexity index is 792. The van der Waals surface area contributed by atoms with Gasteiger partial charge in [0.15, 0.2) is 0 Å². The number of nitrogens with zero attached hydrogens (tertiary/aromatic N) is 2. The molecule has 2 aromatic carbocycles. The van der Waals surface area contributed by atoms with Gasteiger partial charge in [-0.25, -0.2) is 0 Å². The Morgan fingerprint density at radius 3 is 2.37 bits per heavy atom. The molecule has 1 saturated heterocycles. The van der Waals surface area contributed by atoms with Gasteiger partial charge in [-0.15, -0.1) is 12.4 Å². The number of carbonyl (C=O) groups excluding carboxylic acids is 1. The molecule has 30 heavy (non-hydrogen) atoms. The molecule has 0 aliphatic carbocycles. The number of hydrogen-bond donors (Lipinski definition) is 0. The van der Waals surface area contributed by atoms with Gasteiger partial charge < -0.3 is 19.3 Å². The van der Waals surface area contributed by atoms with Crippen molar-refractivity contribution in [3.63, 3.8) is 0 Å². The largest absolute Gasteiger partial charge is 0.497 e. The summed E-state index contributed by atoms with van der Waals surface area (Å²) in [7, 11) is 3.39. The first-order chi connectivity index (χ1) is 14.2. The normalized spacial score (nSPS) is 14.6. The summed E-state index contributed by atoms with van der Waals surface area (Å²) in [5.74, 6) is 1.97. The lowest BCUT2D eigenvalue weighted by atomic mass is 10.0. The molecule has 6 heteroatoms. The number of hydrogen-bond acceptors (Lipinski definition) is 4. The molecule has 0 unspecified atom stereocenters. The molecule has 0 spiro atoms. The fourth-order valence-corrected chi connectivity index (χ4v) is 4.07. The summed E-state index contributed by atoms with van der Waals surface area (Å²) in [6, 6.07) is 16.3. The van der Waals surface area contributed by atoms with Crippen LogP contribution >= 0.6 is 12.4 Å². The molecule has 1 fully saturated rings. The minimum atomic E-state index is 0. The van der Waals surface area contributed by atoms with Gasteiger partial charge in [0.1, 0.15) is 11.5 Å². The van der Waals surface area contributed by atoms with Crippen LogP contribution in [0.4, 0.5) is 5.69 Å². The van der Waals surface area contributed by atoms with Crippen molar-refractivity contribution >= 4 is 24.0 Å². The number of para-hydroxylation sites is 1. The number of likely N-dealkylation sites (tertiary alicyclic amines) is 1. The van der Waals surface area contributed by atoms with Crippen molar-refractivity contribution in [3.8, 4) is 11.5 Å². The van der Waals surface area contributed by atoms with Crippen LogP contribution in [0.5, 0.6) is 11.5 Å². The number of methoxy groups -OCH3 is 2. The molecule has 2 aromatic rings. The number of halogens is 1. The molecule has 1 amide bonds. The highest BCUT2D eigenvalue weighted by molar-refractivity contribution is 5.93. The number of rotatable bonds is 8. The van der Waals surface area contributed by atoms with Crippen molar-refractivity contribution in [1.29, 1.82) is 0 Å². The van der Waals surface area contributed by atoms with Crippen molar-refractivity contribution < 1.29 is 14.3 Å². The SMILES string of the molecule is CCC(=O)N(c1ccccc1)C1CCN(CCc2cc(OC)ccc2OC)CC1.Cl. The molecule has 0 aromatic heterocycles. The van der Waals surface area contributed by atoms with E-state index in [-0.39, 0.29) is 24.4 Å². The summed E-state index contributed by atoms with van der Waals surface area (Å²) in [5.41, 5.74) is 2.18. The highest BCUT2D eigenvalue weighted by atomic mass is 35.5. The number of anilines is 1. The number of piperidine rings is 1. The Labute approximate surface area is 186 Å². The van der Waals surface area contributed by atoms with Gasteiger partial charge in [-0.1, -0.05) is 25.1 Å². The predicted octanol–water partition coefficient (Wildman–Crippen LogP) is 4.58. The van der Waals surface area contributed by atoms with E-state index in [2.05, 4.69) is 11.0 Å². The highest BCUT2D eigenvalue weighted by Crippen LogP contribution is 2.27. The van der Waals surface area contributed by atoms with E-state index in [4.69, 9.17) is 9.47 Å². The maximum absolute atomic E-state index is 12.6. The summed E-state index contributed by atoms with van der Waals surface area (Å²) >= 11 is 0. The first-order valence-electron chi connectivity index (χ1n) is 10.5. The average Bonchev–Trinajstić information content (AvgIpc) is 2.79. The first kappa shape index (κ1) is 24.0. The molecule has 0 bridgehead atoms. The molecule has 0 saturated carbocycles. The Kier molecular flexibility index (Phi) is 9.47. The molecular weight excluding hydrogens is 400 g/mol. The van der Waals surface area contributed by atoms with Crippen LogP contribution < -0.4 is 14.4 Å². The molecule has 3 rings (SSSR count). The molecular formula is C24H33ClN2O3. The second-order valence-corrected chi connectivity index (χ2v) is 7.45. The number of carbonyl (C=O) groups is 1. The summed E-state index contributed by atoms with van der Waals surface area (Å²) in [6.07, 6.45) is 3.44. The van der Waals surface area contributed by atoms with Crippen LogP contribution in [0.25, 0.3) is 0 Å². The summed E-state index contributed by atoms with van der Waals surface area (Å²) in [4.78, 5) is 17.1. The molecule has 1 heterocycles. The van der Waals surface area contributed by atoms with Crippen LogP contribution in [-0.2, 0) is 11.2 Å². The lowest BCUT2D eigenvalue weighted by Gasteiger charge is -2.38. The molecule has 164 valence electrons. The van der Waals surface area contributed by atoms with Crippen molar-refractivity contribution in [2.24, 2.45) is 0 Å². The van der Waals surface area contributed by atoms with Crippen molar-refractivity contribution in [2.45, 2.75) is 38.6 Å². The third kappa shape index (κ3) is 5.89. The Morgan fingerprint density at radius 2 is 1.77 bits per heavy atom. The summed E-state index contributed by atoms with van der Waals surface area (Å²) < 4.78 is 10.9. The minimum absolute atomic E-state index is 0. The smallest absolute Gasteiger partial charge is 0.226 e. The third-order valence-corrected chi connectivity index (χ3v) is 5.71. The predicted molar refractivity (Wildman–Crippen MR) is 124 cm³/mol. The lowest BCUT2D eigenvalue weighted by molar-refractivity contribution is -0.119. The third-order valence-electron chi connectivity index (χ3n) is 5.71. The van der Waals surface area contributed by atoms with Gasteiger partial charge in [-0.05, 0) is 55.2 Å². The van der Waals surface area contributed by atoms with Gasteiger partial charge in [0, 0.05) is 37.8 Å². The van der Waals surface area contributed by atoms with E-state index in [9.17, 15) is 4.79 Å². The quantitative estimate of drug-likeness (QED) is 0.612. The van der Waals surface area contributed by atoms with Gasteiger partial charge in [0.2, 0.25) is 5.91 Å². The van der Waals surface area contributed by atoms with Crippen LogP contribution in [0.3, 0.4) is 0 Å². The standard InChI is InChI=1S/C24H32N2O3.ClH/c1-4-24(27)26(20-8-6-5-7-9-20)21-13-16-25(17-14-21)15-12-19-18-22(28-2)10-11-23(19)29-3;/h5-11,18,21H,4,12-17H2,1-3H3;1H. The second kappa shape index (κ2) is 11.8. The Balaban J connectivity index is 0.00000320. The average molecular weight is 433 g/mol. The number of ether oxygens (including phenoxy) is 2. The van der Waals surface area contributed by atoms with E-state index >= 15 is 0 Å². The minimum Gasteiger partial charge on any atom is -0.497 e. The van der Waals surface area contributed by atoms with Crippen LogP contribution in [0, 0.1) is 0 Å². The summed E-state index contributed by atoms with van der Waals surface area (Å²) in [5, 5.41) is 0. The van der Waals surface area contributed by atoms with Crippen LogP contribution in [0.2, 0.25) is 0 Å². The van der Waals surface area contributed by atoms with Crippen LogP contribution in [0.15, 0.2) is 48.5 Å². The van der Waals surface area contributed by atoms with Gasteiger partial charge in [0.25, 0.3) is 0 Å². The fourth-order valence-electron chi connectivity index (χ4n) is 4.07. The van der Waals surface area contributed by atoms with Gasteiger partial charge in [0.05, 0.1) is 14.2 Å². The zero-order chi connectivity index (χ0) is 20.6. The molecule has 0 N–H and O–H groups in total. The van der Waals surface area contributed by atoms with Crippen LogP contribution in [-0.4, -0.2) is 50.7 Å². The highest BCUT2D eigenvalue weighted by Gasteiger charge is 2.28. The van der Waals surface area contributed by atoms with Crippen molar-refractivity contribution in [3.05, 3.63) is 54.1 Å². The summed E-state index contributed by atoms with van der Waals surface area (Å²) in [6.45, 7) is 4.91. The fraction of sp³-hybridized carbons (Fsp3) is 0.458. The zero-order valence-corrected chi connectivity index (χ0v) is 19.0. The molecule has 0 radical (unpaired) electrons. The first-order valence-corrected chi connectivity index (χ1v) is 10.5. The van der Waals surface area contributed by atoms with E-state index in [1.165, 1.54) is 5.56 Å². The maximum Gasteiger partial charge on any atom is 0.226 e. The van der Waals surface area contributed by atoms with Gasteiger partial charge in [-0.2, -0.15) is 0 Å². The van der Waals surface area contributed by atoms with E-state index < -0.39 is 0 Å². The second-order valence-electron chi connectivity index (χ2n) is 7.45. The number of benzene rings is 2. The van der Waals surface area contributed by atoms with E-state index in [1.807, 2.05) is 54.3 Å². The monoisotopic (exact) mass is 432 g/mol. The topological polar surface area (TPSA) is 42.0 Å². The van der Waals surface area contributed by atoms with Crippen molar-refractivity contribution in [2.75, 3.05) is 38.8 Å². The Hall–Kier alpha value is -2.24. The van der Waals surface area contributed by atoms with Gasteiger partial charge in [-0.3, -0.25) is 4.79 Å². The van der Waals surface area contributed by atoms with Crippen molar-refractivity contribution in [1.82, 2.24) is 4.90 Å². The van der Waals surface area contributed by atoms with E-state index in [0.717, 1.165) is 56.1 Å². The maximum atomic E-state index is 12.6. The lowest BCUT2D eigenvalue weighted by Crippen LogP contribution is -2.47. The number of amides is 1. The molecule has 5 nitrogen and oxygen atoms in total. The Morgan fingerprint density at radius 1 is 1.07 bits per heavy atom. The zero-order valence-electron chi connectivity index (χ0n) is 18.2. The van der Waals surface area contributed by atoms with Gasteiger partial charge >= 0.3 is 0 Å². The molecule has 1 aliphatic heterocycles. The van der Waals surface area contributed by atoms with E-state index in [0.29, 0.717) is 6.42 Å². The van der Waals surface area contributed by atoms with E-state index in [1.54, 1.807) is 14.2 Å². The molecule has 0 atom stereocenters.